The van der Waals surface area contributed by atoms with Crippen LogP contribution in [0.2, 0.25) is 5.02 Å². The summed E-state index contributed by atoms with van der Waals surface area (Å²) in [6.45, 7) is 0. The second-order valence-corrected chi connectivity index (χ2v) is 3.67. The van der Waals surface area contributed by atoms with E-state index in [1.54, 1.807) is 0 Å². The summed E-state index contributed by atoms with van der Waals surface area (Å²) < 4.78 is 74.5. The first-order valence-corrected chi connectivity index (χ1v) is 4.60. The fourth-order valence-electron chi connectivity index (χ4n) is 1.13. The third-order valence-corrected chi connectivity index (χ3v) is 2.39. The van der Waals surface area contributed by atoms with Crippen LogP contribution in [0.3, 0.4) is 0 Å². The van der Waals surface area contributed by atoms with Gasteiger partial charge in [0, 0.05) is 5.02 Å². The van der Waals surface area contributed by atoms with Crippen LogP contribution < -0.4 is 5.73 Å². The SMILES string of the molecule is N[C@@H](c1ccc(F)cc1Cl)C(F)(F)C(F)(F)F. The summed E-state index contributed by atoms with van der Waals surface area (Å²) in [6.07, 6.45) is -5.80. The highest BCUT2D eigenvalue weighted by atomic mass is 35.5. The number of alkyl halides is 5. The Morgan fingerprint density at radius 3 is 2.06 bits per heavy atom. The lowest BCUT2D eigenvalue weighted by Crippen LogP contribution is -2.45. The van der Waals surface area contributed by atoms with Gasteiger partial charge in [0.1, 0.15) is 11.9 Å². The number of nitrogens with two attached hydrogens (primary N) is 1. The van der Waals surface area contributed by atoms with E-state index in [0.29, 0.717) is 18.2 Å². The summed E-state index contributed by atoms with van der Waals surface area (Å²) in [4.78, 5) is 0. The molecule has 2 N–H and O–H groups in total. The Kier molecular flexibility index (Phi) is 3.63. The molecule has 1 aromatic carbocycles. The Hall–Kier alpha value is -0.950. The second-order valence-electron chi connectivity index (χ2n) is 3.26. The molecule has 0 saturated carbocycles. The molecule has 0 bridgehead atoms. The maximum Gasteiger partial charge on any atom is 0.455 e. The largest absolute Gasteiger partial charge is 0.455 e. The van der Waals surface area contributed by atoms with Gasteiger partial charge >= 0.3 is 12.1 Å². The molecule has 0 amide bonds. The lowest BCUT2D eigenvalue weighted by atomic mass is 10.0. The molecule has 0 saturated heterocycles. The lowest BCUT2D eigenvalue weighted by Gasteiger charge is -2.26. The highest BCUT2D eigenvalue weighted by Gasteiger charge is 2.62. The predicted molar refractivity (Wildman–Crippen MR) is 49.3 cm³/mol. The van der Waals surface area contributed by atoms with Crippen LogP contribution in [0.4, 0.5) is 26.3 Å². The summed E-state index contributed by atoms with van der Waals surface area (Å²) in [5, 5.41) is -0.582. The topological polar surface area (TPSA) is 26.0 Å². The third kappa shape index (κ3) is 2.66. The number of hydrogen-bond acceptors (Lipinski definition) is 1. The van der Waals surface area contributed by atoms with E-state index in [0.717, 1.165) is 0 Å². The van der Waals surface area contributed by atoms with Crippen LogP contribution in [0.15, 0.2) is 18.2 Å². The zero-order chi connectivity index (χ0) is 13.4. The molecule has 0 radical (unpaired) electrons. The summed E-state index contributed by atoms with van der Waals surface area (Å²) in [7, 11) is 0. The number of halogens is 7. The molecular formula is C9H6ClF6N. The van der Waals surface area contributed by atoms with Crippen molar-refractivity contribution >= 4 is 11.6 Å². The van der Waals surface area contributed by atoms with E-state index in [9.17, 15) is 26.3 Å². The molecule has 1 atom stereocenters. The number of benzene rings is 1. The van der Waals surface area contributed by atoms with Gasteiger partial charge in [0.05, 0.1) is 0 Å². The zero-order valence-electron chi connectivity index (χ0n) is 8.03. The average Bonchev–Trinajstić information content (AvgIpc) is 2.14. The Morgan fingerprint density at radius 1 is 1.12 bits per heavy atom. The van der Waals surface area contributed by atoms with Crippen LogP contribution in [0.5, 0.6) is 0 Å². The zero-order valence-corrected chi connectivity index (χ0v) is 8.79. The molecule has 17 heavy (non-hydrogen) atoms. The van der Waals surface area contributed by atoms with Gasteiger partial charge in [-0.1, -0.05) is 17.7 Å². The molecule has 0 unspecified atom stereocenters. The minimum atomic E-state index is -5.80. The normalized spacial score (nSPS) is 14.8. The van der Waals surface area contributed by atoms with Crippen molar-refractivity contribution in [3.05, 3.63) is 34.6 Å². The molecule has 0 spiro atoms. The van der Waals surface area contributed by atoms with Crippen LogP contribution >= 0.6 is 11.6 Å². The van der Waals surface area contributed by atoms with Gasteiger partial charge in [-0.3, -0.25) is 0 Å². The summed E-state index contributed by atoms with van der Waals surface area (Å²) in [6, 6.07) is -0.672. The lowest BCUT2D eigenvalue weighted by molar-refractivity contribution is -0.290. The van der Waals surface area contributed by atoms with Crippen LogP contribution in [0.25, 0.3) is 0 Å². The van der Waals surface area contributed by atoms with Gasteiger partial charge in [0.15, 0.2) is 0 Å². The quantitative estimate of drug-likeness (QED) is 0.820. The highest BCUT2D eigenvalue weighted by Crippen LogP contribution is 2.44. The summed E-state index contributed by atoms with van der Waals surface area (Å²) in [5.41, 5.74) is 4.16. The van der Waals surface area contributed by atoms with Crippen molar-refractivity contribution in [2.24, 2.45) is 5.73 Å². The molecule has 0 aliphatic heterocycles. The summed E-state index contributed by atoms with van der Waals surface area (Å²) in [5.74, 6) is -6.00. The minimum absolute atomic E-state index is 0.582. The van der Waals surface area contributed by atoms with Crippen molar-refractivity contribution in [3.63, 3.8) is 0 Å². The van der Waals surface area contributed by atoms with Crippen molar-refractivity contribution in [1.82, 2.24) is 0 Å². The highest BCUT2D eigenvalue weighted by molar-refractivity contribution is 6.31. The Balaban J connectivity index is 3.17. The molecule has 0 aromatic heterocycles. The van der Waals surface area contributed by atoms with E-state index >= 15 is 0 Å². The smallest absolute Gasteiger partial charge is 0.319 e. The van der Waals surface area contributed by atoms with Gasteiger partial charge < -0.3 is 5.73 Å². The standard InChI is InChI=1S/C9H6ClF6N/c10-6-3-4(11)1-2-5(6)7(17)8(12,13)9(14,15)16/h1-3,7H,17H2/t7-/m0/s1. The van der Waals surface area contributed by atoms with Crippen molar-refractivity contribution in [1.29, 1.82) is 0 Å². The maximum absolute atomic E-state index is 12.9. The molecule has 1 rings (SSSR count). The fraction of sp³-hybridized carbons (Fsp3) is 0.333. The molecule has 0 aliphatic carbocycles. The van der Waals surface area contributed by atoms with Gasteiger partial charge in [0.2, 0.25) is 0 Å². The van der Waals surface area contributed by atoms with Gasteiger partial charge in [-0.05, 0) is 17.7 Å². The molecule has 0 aliphatic rings. The monoisotopic (exact) mass is 277 g/mol. The molecule has 1 aromatic rings. The van der Waals surface area contributed by atoms with Crippen molar-refractivity contribution in [2.75, 3.05) is 0 Å². The van der Waals surface area contributed by atoms with E-state index in [1.807, 2.05) is 0 Å². The third-order valence-electron chi connectivity index (χ3n) is 2.07. The number of hydrogen-bond donors (Lipinski definition) is 1. The maximum atomic E-state index is 12.9. The van der Waals surface area contributed by atoms with Crippen LogP contribution in [-0.2, 0) is 0 Å². The van der Waals surface area contributed by atoms with Gasteiger partial charge in [-0.25, -0.2) is 4.39 Å². The van der Waals surface area contributed by atoms with E-state index in [-0.39, 0.29) is 0 Å². The first-order chi connectivity index (χ1) is 7.57. The van der Waals surface area contributed by atoms with E-state index in [1.165, 1.54) is 0 Å². The van der Waals surface area contributed by atoms with Crippen LogP contribution in [0.1, 0.15) is 11.6 Å². The van der Waals surface area contributed by atoms with Gasteiger partial charge in [0.25, 0.3) is 0 Å². The van der Waals surface area contributed by atoms with Gasteiger partial charge in [-0.15, -0.1) is 0 Å². The molecule has 0 fully saturated rings. The van der Waals surface area contributed by atoms with Crippen LogP contribution in [0, 0.1) is 5.82 Å². The number of rotatable bonds is 2. The molecule has 0 heterocycles. The molecular weight excluding hydrogens is 272 g/mol. The van der Waals surface area contributed by atoms with E-state index in [2.05, 4.69) is 0 Å². The molecule has 8 heteroatoms. The first-order valence-electron chi connectivity index (χ1n) is 4.22. The predicted octanol–water partition coefficient (Wildman–Crippen LogP) is 3.68. The second kappa shape index (κ2) is 4.38. The summed E-state index contributed by atoms with van der Waals surface area (Å²) >= 11 is 5.36. The van der Waals surface area contributed by atoms with Crippen molar-refractivity contribution in [2.45, 2.75) is 18.1 Å². The van der Waals surface area contributed by atoms with Gasteiger partial charge in [-0.2, -0.15) is 22.0 Å². The average molecular weight is 278 g/mol. The molecule has 96 valence electrons. The van der Waals surface area contributed by atoms with E-state index in [4.69, 9.17) is 17.3 Å². The minimum Gasteiger partial charge on any atom is -0.319 e. The molecule has 1 nitrogen and oxygen atoms in total. The Labute approximate surface area is 97.2 Å². The Morgan fingerprint density at radius 2 is 1.65 bits per heavy atom. The Bertz CT molecular complexity index is 416. The first kappa shape index (κ1) is 14.1. The van der Waals surface area contributed by atoms with Crippen molar-refractivity contribution in [3.8, 4) is 0 Å². The van der Waals surface area contributed by atoms with Crippen LogP contribution in [-0.4, -0.2) is 12.1 Å². The fourth-order valence-corrected chi connectivity index (χ4v) is 1.41. The van der Waals surface area contributed by atoms with Crippen molar-refractivity contribution < 1.29 is 26.3 Å². The van der Waals surface area contributed by atoms with E-state index < -0.39 is 34.5 Å².